The molecule has 2 N–H and O–H groups in total. The van der Waals surface area contributed by atoms with E-state index in [1.807, 2.05) is 30.3 Å². The average Bonchev–Trinajstić information content (AvgIpc) is 3.13. The van der Waals surface area contributed by atoms with Crippen LogP contribution in [0.3, 0.4) is 0 Å². The van der Waals surface area contributed by atoms with Crippen molar-refractivity contribution >= 4 is 11.9 Å². The molecule has 1 aromatic heterocycles. The molecule has 0 saturated carbocycles. The summed E-state index contributed by atoms with van der Waals surface area (Å²) in [6, 6.07) is 10.9. The van der Waals surface area contributed by atoms with E-state index in [4.69, 9.17) is 9.26 Å². The highest BCUT2D eigenvalue weighted by atomic mass is 16.5. The number of nitrogens with one attached hydrogen (secondary N) is 1. The summed E-state index contributed by atoms with van der Waals surface area (Å²) in [4.78, 5) is 23.8. The Bertz CT molecular complexity index is 722. The lowest BCUT2D eigenvalue weighted by molar-refractivity contribution is -0.144. The Labute approximate surface area is 145 Å². The van der Waals surface area contributed by atoms with Gasteiger partial charge in [-0.15, -0.1) is 0 Å². The van der Waals surface area contributed by atoms with Gasteiger partial charge in [0.2, 0.25) is 0 Å². The van der Waals surface area contributed by atoms with Crippen LogP contribution in [0.5, 0.6) is 0 Å². The van der Waals surface area contributed by atoms with Gasteiger partial charge >= 0.3 is 5.97 Å². The van der Waals surface area contributed by atoms with Crippen LogP contribution in [0.2, 0.25) is 0 Å². The van der Waals surface area contributed by atoms with Crippen LogP contribution in [0.25, 0.3) is 11.3 Å². The highest BCUT2D eigenvalue weighted by Gasteiger charge is 2.30. The minimum atomic E-state index is -0.905. The van der Waals surface area contributed by atoms with E-state index in [0.29, 0.717) is 31.8 Å². The van der Waals surface area contributed by atoms with Gasteiger partial charge in [0.25, 0.3) is 5.91 Å². The first kappa shape index (κ1) is 17.2. The molecule has 7 nitrogen and oxygen atoms in total. The zero-order valence-electron chi connectivity index (χ0n) is 13.7. The summed E-state index contributed by atoms with van der Waals surface area (Å²) in [5, 5.41) is 15.9. The summed E-state index contributed by atoms with van der Waals surface area (Å²) in [6.45, 7) is 1.19. The number of carbonyl (C=O) groups excluding carboxylic acids is 1. The van der Waals surface area contributed by atoms with E-state index in [9.17, 15) is 14.7 Å². The van der Waals surface area contributed by atoms with E-state index >= 15 is 0 Å². The molecule has 0 radical (unpaired) electrons. The van der Waals surface area contributed by atoms with Crippen molar-refractivity contribution in [3.8, 4) is 11.3 Å². The van der Waals surface area contributed by atoms with Crippen LogP contribution >= 0.6 is 0 Å². The second-order valence-corrected chi connectivity index (χ2v) is 6.05. The normalized spacial score (nSPS) is 16.3. The van der Waals surface area contributed by atoms with E-state index in [2.05, 4.69) is 10.5 Å². The van der Waals surface area contributed by atoms with Crippen molar-refractivity contribution in [3.05, 3.63) is 42.1 Å². The molecule has 1 aliphatic heterocycles. The van der Waals surface area contributed by atoms with Gasteiger partial charge in [0.05, 0.1) is 5.92 Å². The van der Waals surface area contributed by atoms with Gasteiger partial charge in [-0.1, -0.05) is 35.5 Å². The SMILES string of the molecule is O=C(NCC(C(=O)O)C1CCOCC1)c1cc(-c2ccccc2)on1. The fourth-order valence-corrected chi connectivity index (χ4v) is 2.99. The number of nitrogens with zero attached hydrogens (tertiary/aromatic N) is 1. The number of ether oxygens (including phenoxy) is 1. The zero-order valence-corrected chi connectivity index (χ0v) is 13.7. The topological polar surface area (TPSA) is 102 Å². The Hall–Kier alpha value is -2.67. The van der Waals surface area contributed by atoms with E-state index in [1.165, 1.54) is 0 Å². The third-order valence-corrected chi connectivity index (χ3v) is 4.44. The maximum atomic E-state index is 12.2. The van der Waals surface area contributed by atoms with E-state index in [0.717, 1.165) is 5.56 Å². The van der Waals surface area contributed by atoms with E-state index < -0.39 is 17.8 Å². The molecule has 1 aliphatic rings. The molecule has 1 fully saturated rings. The van der Waals surface area contributed by atoms with Crippen molar-refractivity contribution in [3.63, 3.8) is 0 Å². The smallest absolute Gasteiger partial charge is 0.308 e. The van der Waals surface area contributed by atoms with Crippen molar-refractivity contribution in [1.82, 2.24) is 10.5 Å². The molecule has 3 rings (SSSR count). The van der Waals surface area contributed by atoms with E-state index in [1.54, 1.807) is 6.07 Å². The quantitative estimate of drug-likeness (QED) is 0.833. The average molecular weight is 344 g/mol. The van der Waals surface area contributed by atoms with Crippen molar-refractivity contribution < 1.29 is 24.0 Å². The number of aromatic nitrogens is 1. The lowest BCUT2D eigenvalue weighted by atomic mass is 9.86. The summed E-state index contributed by atoms with van der Waals surface area (Å²) >= 11 is 0. The zero-order chi connectivity index (χ0) is 17.6. The molecule has 132 valence electrons. The maximum absolute atomic E-state index is 12.2. The Morgan fingerprint density at radius 2 is 1.96 bits per heavy atom. The standard InChI is InChI=1S/C18H20N2O5/c21-17(15-10-16(25-20-15)13-4-2-1-3-5-13)19-11-14(18(22)23)12-6-8-24-9-7-12/h1-5,10,12,14H,6-9,11H2,(H,19,21)(H,22,23). The molecule has 7 heteroatoms. The molecular weight excluding hydrogens is 324 g/mol. The Balaban J connectivity index is 1.61. The molecule has 2 heterocycles. The molecule has 1 aromatic carbocycles. The van der Waals surface area contributed by atoms with Gasteiger partial charge in [0.15, 0.2) is 11.5 Å². The number of benzene rings is 1. The van der Waals surface area contributed by atoms with Crippen LogP contribution in [0.4, 0.5) is 0 Å². The monoisotopic (exact) mass is 344 g/mol. The van der Waals surface area contributed by atoms with Crippen molar-refractivity contribution in [1.29, 1.82) is 0 Å². The summed E-state index contributed by atoms with van der Waals surface area (Å²) in [6.07, 6.45) is 1.38. The van der Waals surface area contributed by atoms with Crippen LogP contribution in [-0.4, -0.2) is 41.9 Å². The minimum absolute atomic E-state index is 0.00346. The summed E-state index contributed by atoms with van der Waals surface area (Å²) in [5.74, 6) is -1.48. The molecule has 0 bridgehead atoms. The number of carboxylic acid groups (broad SMARTS) is 1. The number of hydrogen-bond acceptors (Lipinski definition) is 5. The molecule has 25 heavy (non-hydrogen) atoms. The van der Waals surface area contributed by atoms with Crippen LogP contribution in [0.15, 0.2) is 40.9 Å². The largest absolute Gasteiger partial charge is 0.481 e. The minimum Gasteiger partial charge on any atom is -0.481 e. The van der Waals surface area contributed by atoms with Gasteiger partial charge in [-0.3, -0.25) is 9.59 Å². The fourth-order valence-electron chi connectivity index (χ4n) is 2.99. The maximum Gasteiger partial charge on any atom is 0.308 e. The highest BCUT2D eigenvalue weighted by molar-refractivity contribution is 5.93. The van der Waals surface area contributed by atoms with Gasteiger partial charge in [0.1, 0.15) is 0 Å². The predicted octanol–water partition coefficient (Wildman–Crippen LogP) is 2.20. The Kier molecular flexibility index (Phi) is 5.45. The van der Waals surface area contributed by atoms with Crippen LogP contribution in [0, 0.1) is 11.8 Å². The molecule has 1 unspecified atom stereocenters. The van der Waals surface area contributed by atoms with Crippen molar-refractivity contribution in [2.75, 3.05) is 19.8 Å². The predicted molar refractivity (Wildman–Crippen MR) is 88.9 cm³/mol. The molecular formula is C18H20N2O5. The number of amides is 1. The first-order valence-corrected chi connectivity index (χ1v) is 8.26. The summed E-state index contributed by atoms with van der Waals surface area (Å²) < 4.78 is 10.5. The number of rotatable bonds is 6. The second-order valence-electron chi connectivity index (χ2n) is 6.05. The number of aliphatic carboxylic acids is 1. The van der Waals surface area contributed by atoms with Crippen molar-refractivity contribution in [2.45, 2.75) is 12.8 Å². The van der Waals surface area contributed by atoms with Gasteiger partial charge in [-0.05, 0) is 18.8 Å². The summed E-state index contributed by atoms with van der Waals surface area (Å²) in [5.41, 5.74) is 0.953. The van der Waals surface area contributed by atoms with Gasteiger partial charge in [-0.2, -0.15) is 0 Å². The first-order chi connectivity index (χ1) is 12.1. The van der Waals surface area contributed by atoms with Gasteiger partial charge < -0.3 is 19.7 Å². The number of hydrogen-bond donors (Lipinski definition) is 2. The summed E-state index contributed by atoms with van der Waals surface area (Å²) in [7, 11) is 0. The fraction of sp³-hybridized carbons (Fsp3) is 0.389. The third kappa shape index (κ3) is 4.24. The third-order valence-electron chi connectivity index (χ3n) is 4.44. The number of carbonyl (C=O) groups is 2. The van der Waals surface area contributed by atoms with E-state index in [-0.39, 0.29) is 18.2 Å². The molecule has 1 atom stereocenters. The van der Waals surface area contributed by atoms with Crippen molar-refractivity contribution in [2.24, 2.45) is 11.8 Å². The second kappa shape index (κ2) is 7.94. The number of carboxylic acids is 1. The first-order valence-electron chi connectivity index (χ1n) is 8.26. The van der Waals surface area contributed by atoms with Gasteiger partial charge in [0, 0.05) is 31.4 Å². The molecule has 2 aromatic rings. The lowest BCUT2D eigenvalue weighted by Crippen LogP contribution is -2.39. The highest BCUT2D eigenvalue weighted by Crippen LogP contribution is 2.24. The van der Waals surface area contributed by atoms with Gasteiger partial charge in [-0.25, -0.2) is 0 Å². The molecule has 1 amide bonds. The van der Waals surface area contributed by atoms with Crippen LogP contribution < -0.4 is 5.32 Å². The molecule has 0 aliphatic carbocycles. The van der Waals surface area contributed by atoms with Crippen LogP contribution in [0.1, 0.15) is 23.3 Å². The molecule has 0 spiro atoms. The van der Waals surface area contributed by atoms with Crippen LogP contribution in [-0.2, 0) is 9.53 Å². The Morgan fingerprint density at radius 1 is 1.24 bits per heavy atom. The Morgan fingerprint density at radius 3 is 2.64 bits per heavy atom. The molecule has 1 saturated heterocycles. The lowest BCUT2D eigenvalue weighted by Gasteiger charge is -2.27.